The van der Waals surface area contributed by atoms with Crippen molar-refractivity contribution in [3.05, 3.63) is 54.6 Å². The average Bonchev–Trinajstić information content (AvgIpc) is 2.74. The minimum Gasteiger partial charge on any atom is -0.489 e. The predicted octanol–water partition coefficient (Wildman–Crippen LogP) is 8.42. The van der Waals surface area contributed by atoms with Gasteiger partial charge in [0, 0.05) is 0 Å². The van der Waals surface area contributed by atoms with Crippen LogP contribution in [0.1, 0.15) is 96.1 Å². The van der Waals surface area contributed by atoms with E-state index in [0.717, 1.165) is 24.0 Å². The molecule has 1 aromatic carbocycles. The highest BCUT2D eigenvalue weighted by molar-refractivity contribution is 5.42. The van der Waals surface area contributed by atoms with Crippen LogP contribution in [0, 0.1) is 11.8 Å². The van der Waals surface area contributed by atoms with E-state index in [0.29, 0.717) is 12.0 Å². The Bertz CT molecular complexity index is 630. The largest absolute Gasteiger partial charge is 0.489 e. The Kier molecular flexibility index (Phi) is 9.53. The fourth-order valence-corrected chi connectivity index (χ4v) is 6.02. The summed E-state index contributed by atoms with van der Waals surface area (Å²) in [4.78, 5) is 0. The van der Waals surface area contributed by atoms with Gasteiger partial charge in [-0.3, -0.25) is 0 Å². The van der Waals surface area contributed by atoms with Crippen molar-refractivity contribution in [3.8, 4) is 5.75 Å². The number of benzene rings is 1. The van der Waals surface area contributed by atoms with Gasteiger partial charge in [0.15, 0.2) is 0 Å². The minimum atomic E-state index is 0. The molecule has 162 valence electrons. The van der Waals surface area contributed by atoms with Gasteiger partial charge in [-0.15, -0.1) is 6.58 Å². The van der Waals surface area contributed by atoms with Crippen molar-refractivity contribution < 1.29 is 4.74 Å². The minimum absolute atomic E-state index is 0. The molecular formula is C28H44O. The molecule has 1 aromatic rings. The van der Waals surface area contributed by atoms with Crippen molar-refractivity contribution in [2.75, 3.05) is 6.61 Å². The van der Waals surface area contributed by atoms with Crippen molar-refractivity contribution >= 4 is 0 Å². The molecule has 0 saturated heterocycles. The molecule has 0 atom stereocenters. The second-order valence-corrected chi connectivity index (χ2v) is 9.14. The average molecular weight is 397 g/mol. The van der Waals surface area contributed by atoms with Gasteiger partial charge in [-0.05, 0) is 66.5 Å². The molecule has 3 rings (SSSR count). The van der Waals surface area contributed by atoms with Crippen LogP contribution in [0.25, 0.3) is 0 Å². The molecule has 1 heteroatoms. The van der Waals surface area contributed by atoms with Crippen molar-refractivity contribution in [3.63, 3.8) is 0 Å². The van der Waals surface area contributed by atoms with E-state index in [-0.39, 0.29) is 7.43 Å². The van der Waals surface area contributed by atoms with Gasteiger partial charge in [0.25, 0.3) is 0 Å². The molecule has 29 heavy (non-hydrogen) atoms. The second kappa shape index (κ2) is 11.6. The van der Waals surface area contributed by atoms with E-state index in [4.69, 9.17) is 4.74 Å². The van der Waals surface area contributed by atoms with Gasteiger partial charge in [-0.2, -0.15) is 0 Å². The number of hydrogen-bond acceptors (Lipinski definition) is 1. The standard InChI is InChI=1S/C27H40O.CH4/c1-4-10-22-12-14-24(15-13-22)27(18-8-7-9-19-27)25-16-17-26(28-20-6-3)23(21-25)11-5-2;/h5-6,16-17,21-22,24H,2-4,7-15,18-20H2,1H3;1H4. The van der Waals surface area contributed by atoms with Gasteiger partial charge in [-0.25, -0.2) is 0 Å². The van der Waals surface area contributed by atoms with E-state index >= 15 is 0 Å². The molecule has 0 N–H and O–H groups in total. The van der Waals surface area contributed by atoms with E-state index in [1.807, 2.05) is 12.2 Å². The normalized spacial score (nSPS) is 23.6. The summed E-state index contributed by atoms with van der Waals surface area (Å²) in [5, 5.41) is 0. The molecule has 0 unspecified atom stereocenters. The predicted molar refractivity (Wildman–Crippen MR) is 128 cm³/mol. The van der Waals surface area contributed by atoms with E-state index in [1.165, 1.54) is 76.2 Å². The van der Waals surface area contributed by atoms with Gasteiger partial charge in [0.1, 0.15) is 12.4 Å². The summed E-state index contributed by atoms with van der Waals surface area (Å²) in [5.41, 5.74) is 3.26. The molecule has 0 aromatic heterocycles. The third-order valence-corrected chi connectivity index (χ3v) is 7.43. The molecule has 0 spiro atoms. The van der Waals surface area contributed by atoms with Gasteiger partial charge < -0.3 is 4.74 Å². The lowest BCUT2D eigenvalue weighted by atomic mass is 9.57. The summed E-state index contributed by atoms with van der Waals surface area (Å²) in [6.45, 7) is 10.7. The second-order valence-electron chi connectivity index (χ2n) is 9.14. The Morgan fingerprint density at radius 1 is 1.03 bits per heavy atom. The zero-order valence-electron chi connectivity index (χ0n) is 18.1. The van der Waals surface area contributed by atoms with E-state index in [9.17, 15) is 0 Å². The summed E-state index contributed by atoms with van der Waals surface area (Å²) < 4.78 is 5.93. The first-order valence-electron chi connectivity index (χ1n) is 11.7. The van der Waals surface area contributed by atoms with Gasteiger partial charge >= 0.3 is 0 Å². The molecule has 0 amide bonds. The molecule has 0 heterocycles. The number of rotatable bonds is 9. The van der Waals surface area contributed by atoms with Crippen LogP contribution < -0.4 is 4.74 Å². The Morgan fingerprint density at radius 3 is 2.38 bits per heavy atom. The monoisotopic (exact) mass is 396 g/mol. The zero-order chi connectivity index (χ0) is 19.8. The summed E-state index contributed by atoms with van der Waals surface area (Å²) in [5.74, 6) is 2.84. The van der Waals surface area contributed by atoms with Crippen molar-refractivity contribution in [1.29, 1.82) is 0 Å². The van der Waals surface area contributed by atoms with Crippen LogP contribution in [0.2, 0.25) is 0 Å². The Labute approximate surface area is 180 Å². The van der Waals surface area contributed by atoms with Gasteiger partial charge in [0.05, 0.1) is 0 Å². The van der Waals surface area contributed by atoms with E-state index < -0.39 is 0 Å². The van der Waals surface area contributed by atoms with Crippen LogP contribution >= 0.6 is 0 Å². The maximum atomic E-state index is 5.93. The fraction of sp³-hybridized carbons (Fsp3) is 0.643. The van der Waals surface area contributed by atoms with Crippen LogP contribution in [-0.4, -0.2) is 6.61 Å². The molecule has 1 nitrogen and oxygen atoms in total. The van der Waals surface area contributed by atoms with E-state index in [2.05, 4.69) is 38.3 Å². The highest BCUT2D eigenvalue weighted by Gasteiger charge is 2.42. The Morgan fingerprint density at radius 2 is 1.76 bits per heavy atom. The van der Waals surface area contributed by atoms with Crippen LogP contribution in [0.5, 0.6) is 5.75 Å². The first-order chi connectivity index (χ1) is 13.7. The third kappa shape index (κ3) is 5.56. The number of allylic oxidation sites excluding steroid dienone is 1. The van der Waals surface area contributed by atoms with E-state index in [1.54, 1.807) is 5.56 Å². The Hall–Kier alpha value is -1.50. The maximum Gasteiger partial charge on any atom is 0.123 e. The lowest BCUT2D eigenvalue weighted by Crippen LogP contribution is -2.39. The van der Waals surface area contributed by atoms with Gasteiger partial charge in [0.2, 0.25) is 0 Å². The maximum absolute atomic E-state index is 5.93. The molecule has 2 saturated carbocycles. The molecule has 0 aliphatic heterocycles. The summed E-state index contributed by atoms with van der Waals surface area (Å²) >= 11 is 0. The first kappa shape index (κ1) is 23.8. The third-order valence-electron chi connectivity index (χ3n) is 7.43. The molecule has 0 bridgehead atoms. The fourth-order valence-electron chi connectivity index (χ4n) is 6.02. The number of hydrogen-bond donors (Lipinski definition) is 0. The van der Waals surface area contributed by atoms with Crippen molar-refractivity contribution in [1.82, 2.24) is 0 Å². The topological polar surface area (TPSA) is 9.23 Å². The number of ether oxygens (including phenoxy) is 1. The van der Waals surface area contributed by atoms with Crippen molar-refractivity contribution in [2.45, 2.75) is 96.8 Å². The van der Waals surface area contributed by atoms with Gasteiger partial charge in [-0.1, -0.05) is 90.2 Å². The first-order valence-corrected chi connectivity index (χ1v) is 11.7. The lowest BCUT2D eigenvalue weighted by molar-refractivity contribution is 0.125. The van der Waals surface area contributed by atoms with Crippen molar-refractivity contribution in [2.24, 2.45) is 11.8 Å². The quantitative estimate of drug-likeness (QED) is 0.381. The Balaban J connectivity index is 0.00000300. The smallest absolute Gasteiger partial charge is 0.123 e. The molecule has 0 radical (unpaired) electrons. The SMILES string of the molecule is C.C=CCOc1ccc(C2(C3CCC(CCC)CC3)CCCCC2)cc1CC=C. The molecule has 2 aliphatic carbocycles. The van der Waals surface area contributed by atoms with Crippen LogP contribution in [0.3, 0.4) is 0 Å². The summed E-state index contributed by atoms with van der Waals surface area (Å²) in [6, 6.07) is 7.06. The summed E-state index contributed by atoms with van der Waals surface area (Å²) in [7, 11) is 0. The molecule has 2 aliphatic rings. The zero-order valence-corrected chi connectivity index (χ0v) is 18.1. The highest BCUT2D eigenvalue weighted by Crippen LogP contribution is 2.51. The molecular weight excluding hydrogens is 352 g/mol. The highest BCUT2D eigenvalue weighted by atomic mass is 16.5. The van der Waals surface area contributed by atoms with Crippen LogP contribution in [0.15, 0.2) is 43.5 Å². The lowest BCUT2D eigenvalue weighted by Gasteiger charge is -2.47. The van der Waals surface area contributed by atoms with Crippen LogP contribution in [-0.2, 0) is 11.8 Å². The summed E-state index contributed by atoms with van der Waals surface area (Å²) in [6.07, 6.45) is 20.1. The molecule has 2 fully saturated rings. The van der Waals surface area contributed by atoms with Crippen LogP contribution in [0.4, 0.5) is 0 Å².